The molecule has 6 heteroatoms. The summed E-state index contributed by atoms with van der Waals surface area (Å²) in [6.45, 7) is 3.75. The zero-order chi connectivity index (χ0) is 11.9. The number of aryl methyl sites for hydroxylation is 1. The Bertz CT molecular complexity index is 458. The fourth-order valence-corrected chi connectivity index (χ4v) is 2.93. The summed E-state index contributed by atoms with van der Waals surface area (Å²) in [5.41, 5.74) is 0.679. The number of hydrogen-bond donors (Lipinski definition) is 0. The van der Waals surface area contributed by atoms with Crippen molar-refractivity contribution in [3.05, 3.63) is 10.6 Å². The SMILES string of the molecule is CC(=O)c1sc(N2CC(Cl)CC2=O)nc1C. The van der Waals surface area contributed by atoms with Gasteiger partial charge in [-0.1, -0.05) is 11.3 Å². The molecule has 86 valence electrons. The zero-order valence-corrected chi connectivity index (χ0v) is 10.6. The van der Waals surface area contributed by atoms with E-state index >= 15 is 0 Å². The third-order valence-corrected chi connectivity index (χ3v) is 3.99. The fraction of sp³-hybridized carbons (Fsp3) is 0.500. The van der Waals surface area contributed by atoms with Crippen molar-refractivity contribution in [3.63, 3.8) is 0 Å². The van der Waals surface area contributed by atoms with E-state index in [4.69, 9.17) is 11.6 Å². The van der Waals surface area contributed by atoms with E-state index in [0.29, 0.717) is 28.7 Å². The monoisotopic (exact) mass is 258 g/mol. The highest BCUT2D eigenvalue weighted by atomic mass is 35.5. The number of aromatic nitrogens is 1. The minimum Gasteiger partial charge on any atom is -0.294 e. The summed E-state index contributed by atoms with van der Waals surface area (Å²) in [4.78, 5) is 29.3. The Kier molecular flexibility index (Phi) is 2.99. The number of ketones is 1. The maximum atomic E-state index is 11.6. The number of hydrogen-bond acceptors (Lipinski definition) is 4. The summed E-state index contributed by atoms with van der Waals surface area (Å²) in [6, 6.07) is 0. The van der Waals surface area contributed by atoms with E-state index in [2.05, 4.69) is 4.98 Å². The van der Waals surface area contributed by atoms with Crippen molar-refractivity contribution in [3.8, 4) is 0 Å². The fourth-order valence-electron chi connectivity index (χ4n) is 1.67. The molecule has 1 amide bonds. The van der Waals surface area contributed by atoms with Crippen LogP contribution >= 0.6 is 22.9 Å². The highest BCUT2D eigenvalue weighted by molar-refractivity contribution is 7.17. The van der Waals surface area contributed by atoms with Crippen LogP contribution in [0, 0.1) is 6.92 Å². The first-order valence-electron chi connectivity index (χ1n) is 4.92. The van der Waals surface area contributed by atoms with Crippen molar-refractivity contribution in [1.29, 1.82) is 0 Å². The summed E-state index contributed by atoms with van der Waals surface area (Å²) in [5, 5.41) is 0.424. The van der Waals surface area contributed by atoms with Crippen LogP contribution in [0.5, 0.6) is 0 Å². The summed E-state index contributed by atoms with van der Waals surface area (Å²) in [7, 11) is 0. The van der Waals surface area contributed by atoms with Gasteiger partial charge in [-0.3, -0.25) is 14.5 Å². The van der Waals surface area contributed by atoms with E-state index in [1.54, 1.807) is 11.8 Å². The number of amides is 1. The summed E-state index contributed by atoms with van der Waals surface area (Å²) >= 11 is 7.16. The second-order valence-corrected chi connectivity index (χ2v) is 5.37. The van der Waals surface area contributed by atoms with Gasteiger partial charge in [0, 0.05) is 19.9 Å². The van der Waals surface area contributed by atoms with Crippen LogP contribution in [0.15, 0.2) is 0 Å². The van der Waals surface area contributed by atoms with Crippen LogP contribution in [0.4, 0.5) is 5.13 Å². The van der Waals surface area contributed by atoms with Crippen molar-refractivity contribution >= 4 is 39.8 Å². The first-order valence-corrected chi connectivity index (χ1v) is 6.17. The van der Waals surface area contributed by atoms with Gasteiger partial charge in [0.1, 0.15) is 0 Å². The standard InChI is InChI=1S/C10H11ClN2O2S/c1-5-9(6(2)14)16-10(12-5)13-4-7(11)3-8(13)15/h7H,3-4H2,1-2H3. The molecule has 1 saturated heterocycles. The maximum absolute atomic E-state index is 11.6. The molecule has 0 aliphatic carbocycles. The van der Waals surface area contributed by atoms with Gasteiger partial charge in [0.05, 0.1) is 15.9 Å². The van der Waals surface area contributed by atoms with E-state index in [-0.39, 0.29) is 17.1 Å². The molecule has 4 nitrogen and oxygen atoms in total. The molecular weight excluding hydrogens is 248 g/mol. The lowest BCUT2D eigenvalue weighted by Crippen LogP contribution is -2.24. The largest absolute Gasteiger partial charge is 0.294 e. The van der Waals surface area contributed by atoms with E-state index in [1.807, 2.05) is 0 Å². The van der Waals surface area contributed by atoms with Crippen LogP contribution in [0.2, 0.25) is 0 Å². The first kappa shape index (κ1) is 11.5. The molecule has 0 radical (unpaired) electrons. The molecule has 1 aliphatic rings. The van der Waals surface area contributed by atoms with Crippen LogP contribution in [-0.2, 0) is 4.79 Å². The lowest BCUT2D eigenvalue weighted by Gasteiger charge is -2.10. The van der Waals surface area contributed by atoms with Crippen molar-refractivity contribution in [2.75, 3.05) is 11.4 Å². The van der Waals surface area contributed by atoms with Crippen LogP contribution in [-0.4, -0.2) is 28.6 Å². The molecule has 2 rings (SSSR count). The molecule has 0 aromatic carbocycles. The normalized spacial score (nSPS) is 20.6. The molecule has 0 bridgehead atoms. The number of halogens is 1. The van der Waals surface area contributed by atoms with Gasteiger partial charge in [0.2, 0.25) is 5.91 Å². The quantitative estimate of drug-likeness (QED) is 0.602. The highest BCUT2D eigenvalue weighted by Crippen LogP contribution is 2.30. The molecule has 1 aliphatic heterocycles. The summed E-state index contributed by atoms with van der Waals surface area (Å²) in [6.07, 6.45) is 0.343. The smallest absolute Gasteiger partial charge is 0.230 e. The van der Waals surface area contributed by atoms with Gasteiger partial charge in [0.25, 0.3) is 0 Å². The predicted molar refractivity (Wildman–Crippen MR) is 63.5 cm³/mol. The van der Waals surface area contributed by atoms with Gasteiger partial charge < -0.3 is 0 Å². The van der Waals surface area contributed by atoms with Gasteiger partial charge in [-0.25, -0.2) is 4.98 Å². The molecule has 0 saturated carbocycles. The topological polar surface area (TPSA) is 50.3 Å². The first-order chi connectivity index (χ1) is 7.49. The van der Waals surface area contributed by atoms with E-state index in [9.17, 15) is 9.59 Å². The number of Topliss-reactive ketones (excluding diaryl/α,β-unsaturated/α-hetero) is 1. The van der Waals surface area contributed by atoms with E-state index in [0.717, 1.165) is 0 Å². The molecule has 1 atom stereocenters. The number of thiazole rings is 1. The number of anilines is 1. The zero-order valence-electron chi connectivity index (χ0n) is 8.99. The molecule has 1 unspecified atom stereocenters. The minimum absolute atomic E-state index is 0.0182. The van der Waals surface area contributed by atoms with Gasteiger partial charge >= 0.3 is 0 Å². The third-order valence-electron chi connectivity index (χ3n) is 2.41. The molecule has 16 heavy (non-hydrogen) atoms. The number of carbonyl (C=O) groups excluding carboxylic acids is 2. The maximum Gasteiger partial charge on any atom is 0.230 e. The Balaban J connectivity index is 2.31. The lowest BCUT2D eigenvalue weighted by atomic mass is 10.3. The summed E-state index contributed by atoms with van der Waals surface area (Å²) in [5.74, 6) is -0.0424. The average molecular weight is 259 g/mol. The minimum atomic E-state index is -0.155. The highest BCUT2D eigenvalue weighted by Gasteiger charge is 2.31. The summed E-state index contributed by atoms with van der Waals surface area (Å²) < 4.78 is 0. The Morgan fingerprint density at radius 3 is 2.75 bits per heavy atom. The average Bonchev–Trinajstić information content (AvgIpc) is 2.69. The second kappa shape index (κ2) is 4.14. The molecule has 0 N–H and O–H groups in total. The molecule has 1 aromatic rings. The number of rotatable bonds is 2. The lowest BCUT2D eigenvalue weighted by molar-refractivity contribution is -0.117. The third kappa shape index (κ3) is 1.97. The van der Waals surface area contributed by atoms with E-state index < -0.39 is 0 Å². The molecule has 0 spiro atoms. The molecule has 1 fully saturated rings. The van der Waals surface area contributed by atoms with Gasteiger partial charge in [0.15, 0.2) is 10.9 Å². The van der Waals surface area contributed by atoms with Gasteiger partial charge in [-0.2, -0.15) is 0 Å². The van der Waals surface area contributed by atoms with Gasteiger partial charge in [-0.05, 0) is 6.92 Å². The van der Waals surface area contributed by atoms with Crippen molar-refractivity contribution in [1.82, 2.24) is 4.98 Å². The Morgan fingerprint density at radius 1 is 1.62 bits per heavy atom. The Morgan fingerprint density at radius 2 is 2.31 bits per heavy atom. The predicted octanol–water partition coefficient (Wildman–Crippen LogP) is 2.00. The van der Waals surface area contributed by atoms with E-state index in [1.165, 1.54) is 18.3 Å². The van der Waals surface area contributed by atoms with Crippen LogP contribution in [0.1, 0.15) is 28.7 Å². The van der Waals surface area contributed by atoms with Crippen molar-refractivity contribution < 1.29 is 9.59 Å². The number of carbonyl (C=O) groups is 2. The van der Waals surface area contributed by atoms with Crippen LogP contribution < -0.4 is 4.90 Å². The van der Waals surface area contributed by atoms with Crippen LogP contribution in [0.25, 0.3) is 0 Å². The number of nitrogens with zero attached hydrogens (tertiary/aromatic N) is 2. The number of alkyl halides is 1. The van der Waals surface area contributed by atoms with Crippen LogP contribution in [0.3, 0.4) is 0 Å². The molecular formula is C10H11ClN2O2S. The Labute approximate surface area is 102 Å². The molecule has 2 heterocycles. The Hall–Kier alpha value is -0.940. The van der Waals surface area contributed by atoms with Crippen molar-refractivity contribution in [2.45, 2.75) is 25.6 Å². The van der Waals surface area contributed by atoms with Crippen molar-refractivity contribution in [2.24, 2.45) is 0 Å². The second-order valence-electron chi connectivity index (χ2n) is 3.77. The van der Waals surface area contributed by atoms with Gasteiger partial charge in [-0.15, -0.1) is 11.6 Å². The molecule has 1 aromatic heterocycles.